The number of fused-ring (bicyclic) bond motifs is 1. The minimum atomic E-state index is -0.755. The van der Waals surface area contributed by atoms with Gasteiger partial charge in [0.05, 0.1) is 12.5 Å². The molecule has 3 nitrogen and oxygen atoms in total. The Kier molecular flexibility index (Phi) is 2.18. The van der Waals surface area contributed by atoms with E-state index in [9.17, 15) is 9.90 Å². The van der Waals surface area contributed by atoms with Gasteiger partial charge in [-0.3, -0.25) is 4.79 Å². The Hall–Kier alpha value is -1.51. The fraction of sp³-hybridized carbons (Fsp3) is 0.417. The molecule has 0 saturated heterocycles. The van der Waals surface area contributed by atoms with Crippen LogP contribution >= 0.6 is 0 Å². The molecule has 1 aromatic carbocycles. The summed E-state index contributed by atoms with van der Waals surface area (Å²) in [6.07, 6.45) is 1.51. The zero-order valence-electron chi connectivity index (χ0n) is 8.91. The van der Waals surface area contributed by atoms with E-state index in [1.807, 2.05) is 18.2 Å². The van der Waals surface area contributed by atoms with Crippen LogP contribution in [-0.2, 0) is 16.6 Å². The minimum Gasteiger partial charge on any atom is -0.497 e. The number of rotatable bonds is 2. The van der Waals surface area contributed by atoms with Gasteiger partial charge in [0.2, 0.25) is 0 Å². The highest BCUT2D eigenvalue weighted by Gasteiger charge is 2.41. The standard InChI is InChI=1S/C12H14O3/c1-12(11(13)14)6-5-8-3-4-9(15-2)7-10(8)12/h3-4,7H,5-6H2,1-2H3,(H,13,14)/t12-/m1/s1. The first-order valence-electron chi connectivity index (χ1n) is 4.99. The van der Waals surface area contributed by atoms with Crippen molar-refractivity contribution >= 4 is 5.97 Å². The maximum Gasteiger partial charge on any atom is 0.313 e. The Morgan fingerprint density at radius 1 is 1.53 bits per heavy atom. The van der Waals surface area contributed by atoms with Crippen LogP contribution in [0.1, 0.15) is 24.5 Å². The van der Waals surface area contributed by atoms with E-state index in [0.29, 0.717) is 6.42 Å². The molecule has 0 fully saturated rings. The molecular formula is C12H14O3. The van der Waals surface area contributed by atoms with Gasteiger partial charge >= 0.3 is 5.97 Å². The molecule has 1 atom stereocenters. The highest BCUT2D eigenvalue weighted by Crippen LogP contribution is 2.40. The molecule has 0 heterocycles. The molecule has 0 saturated carbocycles. The van der Waals surface area contributed by atoms with Crippen molar-refractivity contribution in [3.05, 3.63) is 29.3 Å². The first kappa shape index (κ1) is 10.0. The lowest BCUT2D eigenvalue weighted by Crippen LogP contribution is -2.29. The van der Waals surface area contributed by atoms with Crippen LogP contribution in [0.2, 0.25) is 0 Å². The van der Waals surface area contributed by atoms with Crippen molar-refractivity contribution < 1.29 is 14.6 Å². The van der Waals surface area contributed by atoms with Crippen molar-refractivity contribution in [3.8, 4) is 5.75 Å². The number of aryl methyl sites for hydroxylation is 1. The summed E-state index contributed by atoms with van der Waals surface area (Å²) in [5.74, 6) is -0.0300. The second-order valence-corrected chi connectivity index (χ2v) is 4.16. The van der Waals surface area contributed by atoms with Gasteiger partial charge < -0.3 is 9.84 Å². The van der Waals surface area contributed by atoms with E-state index in [2.05, 4.69) is 0 Å². The molecule has 1 aliphatic rings. The molecule has 1 aromatic rings. The van der Waals surface area contributed by atoms with Crippen LogP contribution in [0.15, 0.2) is 18.2 Å². The van der Waals surface area contributed by atoms with Gasteiger partial charge in [0.15, 0.2) is 0 Å². The van der Waals surface area contributed by atoms with Gasteiger partial charge in [-0.05, 0) is 43.0 Å². The van der Waals surface area contributed by atoms with Gasteiger partial charge in [-0.2, -0.15) is 0 Å². The van der Waals surface area contributed by atoms with Crippen LogP contribution in [-0.4, -0.2) is 18.2 Å². The van der Waals surface area contributed by atoms with Gasteiger partial charge in [0, 0.05) is 0 Å². The second kappa shape index (κ2) is 3.26. The van der Waals surface area contributed by atoms with Crippen molar-refractivity contribution in [3.63, 3.8) is 0 Å². The van der Waals surface area contributed by atoms with Crippen molar-refractivity contribution in [2.75, 3.05) is 7.11 Å². The Balaban J connectivity index is 2.53. The van der Waals surface area contributed by atoms with Crippen LogP contribution in [0, 0.1) is 0 Å². The molecule has 0 bridgehead atoms. The Morgan fingerprint density at radius 2 is 2.27 bits per heavy atom. The molecule has 3 heteroatoms. The summed E-state index contributed by atoms with van der Waals surface area (Å²) in [5, 5.41) is 9.24. The van der Waals surface area contributed by atoms with Gasteiger partial charge in [-0.1, -0.05) is 6.07 Å². The van der Waals surface area contributed by atoms with E-state index < -0.39 is 11.4 Å². The largest absolute Gasteiger partial charge is 0.497 e. The van der Waals surface area contributed by atoms with Gasteiger partial charge in [0.1, 0.15) is 5.75 Å². The molecule has 1 aliphatic carbocycles. The lowest BCUT2D eigenvalue weighted by atomic mass is 9.84. The third-order valence-corrected chi connectivity index (χ3v) is 3.28. The molecule has 0 aromatic heterocycles. The minimum absolute atomic E-state index is 0.671. The number of hydrogen-bond acceptors (Lipinski definition) is 2. The number of methoxy groups -OCH3 is 1. The molecule has 0 aliphatic heterocycles. The van der Waals surface area contributed by atoms with E-state index in [4.69, 9.17) is 4.74 Å². The first-order valence-corrected chi connectivity index (χ1v) is 4.99. The lowest BCUT2D eigenvalue weighted by molar-refractivity contribution is -0.143. The molecule has 0 radical (unpaired) electrons. The summed E-state index contributed by atoms with van der Waals surface area (Å²) in [5.41, 5.74) is 1.28. The van der Waals surface area contributed by atoms with Crippen molar-refractivity contribution in [2.24, 2.45) is 0 Å². The summed E-state index contributed by atoms with van der Waals surface area (Å²) in [4.78, 5) is 11.2. The van der Waals surface area contributed by atoms with E-state index in [1.165, 1.54) is 0 Å². The molecule has 0 unspecified atom stereocenters. The number of benzene rings is 1. The van der Waals surface area contributed by atoms with Crippen LogP contribution in [0.5, 0.6) is 5.75 Å². The van der Waals surface area contributed by atoms with E-state index in [1.54, 1.807) is 14.0 Å². The van der Waals surface area contributed by atoms with Gasteiger partial charge in [-0.15, -0.1) is 0 Å². The Labute approximate surface area is 88.7 Å². The number of carboxylic acid groups (broad SMARTS) is 1. The van der Waals surface area contributed by atoms with Crippen LogP contribution < -0.4 is 4.74 Å². The molecule has 15 heavy (non-hydrogen) atoms. The molecule has 0 spiro atoms. The molecule has 1 N–H and O–H groups in total. The average Bonchev–Trinajstić information content (AvgIpc) is 2.57. The zero-order valence-corrected chi connectivity index (χ0v) is 8.91. The molecule has 0 amide bonds. The second-order valence-electron chi connectivity index (χ2n) is 4.16. The summed E-state index contributed by atoms with van der Waals surface area (Å²) in [6, 6.07) is 5.69. The maximum atomic E-state index is 11.2. The average molecular weight is 206 g/mol. The van der Waals surface area contributed by atoms with Crippen molar-refractivity contribution in [1.29, 1.82) is 0 Å². The Bertz CT molecular complexity index is 411. The molecular weight excluding hydrogens is 192 g/mol. The number of carboxylic acids is 1. The van der Waals surface area contributed by atoms with E-state index in [-0.39, 0.29) is 0 Å². The zero-order chi connectivity index (χ0) is 11.1. The quantitative estimate of drug-likeness (QED) is 0.804. The van der Waals surface area contributed by atoms with Crippen LogP contribution in [0.25, 0.3) is 0 Å². The number of hydrogen-bond donors (Lipinski definition) is 1. The van der Waals surface area contributed by atoms with E-state index >= 15 is 0 Å². The maximum absolute atomic E-state index is 11.2. The van der Waals surface area contributed by atoms with Crippen LogP contribution in [0.3, 0.4) is 0 Å². The van der Waals surface area contributed by atoms with Gasteiger partial charge in [-0.25, -0.2) is 0 Å². The topological polar surface area (TPSA) is 46.5 Å². The number of carbonyl (C=O) groups is 1. The van der Waals surface area contributed by atoms with Gasteiger partial charge in [0.25, 0.3) is 0 Å². The summed E-state index contributed by atoms with van der Waals surface area (Å²) in [7, 11) is 1.59. The SMILES string of the molecule is COc1ccc2c(c1)[C@](C)(C(=O)O)CC2. The fourth-order valence-corrected chi connectivity index (χ4v) is 2.16. The molecule has 80 valence electrons. The number of aliphatic carboxylic acids is 1. The fourth-order valence-electron chi connectivity index (χ4n) is 2.16. The van der Waals surface area contributed by atoms with Crippen LogP contribution in [0.4, 0.5) is 0 Å². The third-order valence-electron chi connectivity index (χ3n) is 3.28. The highest BCUT2D eigenvalue weighted by atomic mass is 16.5. The predicted octanol–water partition coefficient (Wildman–Crippen LogP) is 1.98. The predicted molar refractivity (Wildman–Crippen MR) is 56.3 cm³/mol. The smallest absolute Gasteiger partial charge is 0.313 e. The summed E-state index contributed by atoms with van der Waals surface area (Å²) in [6.45, 7) is 1.78. The van der Waals surface area contributed by atoms with Crippen molar-refractivity contribution in [2.45, 2.75) is 25.2 Å². The monoisotopic (exact) mass is 206 g/mol. The molecule has 2 rings (SSSR count). The van der Waals surface area contributed by atoms with E-state index in [0.717, 1.165) is 23.3 Å². The third kappa shape index (κ3) is 1.39. The Morgan fingerprint density at radius 3 is 2.87 bits per heavy atom. The summed E-state index contributed by atoms with van der Waals surface area (Å²) >= 11 is 0. The first-order chi connectivity index (χ1) is 7.08. The highest BCUT2D eigenvalue weighted by molar-refractivity contribution is 5.82. The normalized spacial score (nSPS) is 23.6. The number of ether oxygens (including phenoxy) is 1. The summed E-state index contributed by atoms with van der Waals surface area (Å²) < 4.78 is 5.12. The lowest BCUT2D eigenvalue weighted by Gasteiger charge is -2.19. The van der Waals surface area contributed by atoms with Crippen molar-refractivity contribution in [1.82, 2.24) is 0 Å².